The Hall–Kier alpha value is -3.14. The van der Waals surface area contributed by atoms with Gasteiger partial charge in [0.05, 0.1) is 5.69 Å². The molecule has 0 spiro atoms. The predicted octanol–water partition coefficient (Wildman–Crippen LogP) is 4.29. The number of ether oxygens (including phenoxy) is 1. The number of phenolic OH excluding ortho intramolecular Hbond substituents is 2. The number of nitrogens with one attached hydrogen (secondary N) is 1. The lowest BCUT2D eigenvalue weighted by atomic mass is 10.2. The molecule has 0 fully saturated rings. The Bertz CT molecular complexity index is 803. The standard InChI is InChI=1S/C20H19NO3/c22-17-10-11-18(19(23)12-17)21-13-16-8-4-5-9-20(16)24-14-15-6-2-1-3-7-15/h1-12,21-23H,13-14H2. The second kappa shape index (κ2) is 7.42. The molecule has 122 valence electrons. The molecule has 4 nitrogen and oxygen atoms in total. The number of benzene rings is 3. The molecule has 24 heavy (non-hydrogen) atoms. The molecule has 0 heterocycles. The molecule has 0 bridgehead atoms. The highest BCUT2D eigenvalue weighted by molar-refractivity contribution is 5.58. The highest BCUT2D eigenvalue weighted by Gasteiger charge is 2.06. The second-order valence-electron chi connectivity index (χ2n) is 5.44. The fraction of sp³-hybridized carbons (Fsp3) is 0.100. The summed E-state index contributed by atoms with van der Waals surface area (Å²) in [5.74, 6) is 0.842. The summed E-state index contributed by atoms with van der Waals surface area (Å²) in [7, 11) is 0. The maximum Gasteiger partial charge on any atom is 0.142 e. The van der Waals surface area contributed by atoms with Gasteiger partial charge in [-0.1, -0.05) is 48.5 Å². The van der Waals surface area contributed by atoms with Gasteiger partial charge in [0.15, 0.2) is 0 Å². The first kappa shape index (κ1) is 15.7. The molecule has 3 aromatic carbocycles. The monoisotopic (exact) mass is 321 g/mol. The first-order valence-corrected chi connectivity index (χ1v) is 7.73. The van der Waals surface area contributed by atoms with Crippen molar-refractivity contribution in [2.24, 2.45) is 0 Å². The zero-order valence-corrected chi connectivity index (χ0v) is 13.1. The van der Waals surface area contributed by atoms with Gasteiger partial charge in [-0.2, -0.15) is 0 Å². The van der Waals surface area contributed by atoms with Crippen molar-refractivity contribution < 1.29 is 14.9 Å². The molecule has 0 saturated heterocycles. The minimum atomic E-state index is 0.0117. The predicted molar refractivity (Wildman–Crippen MR) is 94.3 cm³/mol. The summed E-state index contributed by atoms with van der Waals surface area (Å²) in [4.78, 5) is 0. The van der Waals surface area contributed by atoms with Crippen LogP contribution in [0.1, 0.15) is 11.1 Å². The molecule has 0 aliphatic carbocycles. The quantitative estimate of drug-likeness (QED) is 0.468. The Morgan fingerprint density at radius 1 is 0.833 bits per heavy atom. The molecule has 0 aliphatic heterocycles. The summed E-state index contributed by atoms with van der Waals surface area (Å²) in [5, 5.41) is 22.3. The van der Waals surface area contributed by atoms with Crippen LogP contribution in [-0.4, -0.2) is 10.2 Å². The molecule has 4 heteroatoms. The molecule has 0 atom stereocenters. The topological polar surface area (TPSA) is 61.7 Å². The number of hydrogen-bond donors (Lipinski definition) is 3. The first-order chi connectivity index (χ1) is 11.7. The molecule has 0 unspecified atom stereocenters. The van der Waals surface area contributed by atoms with E-state index in [0.717, 1.165) is 16.9 Å². The van der Waals surface area contributed by atoms with Crippen molar-refractivity contribution in [3.8, 4) is 17.2 Å². The summed E-state index contributed by atoms with van der Waals surface area (Å²) in [6.45, 7) is 1.01. The van der Waals surface area contributed by atoms with Crippen LogP contribution in [0.3, 0.4) is 0 Å². The number of hydrogen-bond acceptors (Lipinski definition) is 4. The van der Waals surface area contributed by atoms with Crippen LogP contribution in [0.5, 0.6) is 17.2 Å². The maximum atomic E-state index is 9.84. The first-order valence-electron chi connectivity index (χ1n) is 7.73. The average Bonchev–Trinajstić information content (AvgIpc) is 2.61. The van der Waals surface area contributed by atoms with E-state index in [1.807, 2.05) is 54.6 Å². The third kappa shape index (κ3) is 3.98. The van der Waals surface area contributed by atoms with Crippen LogP contribution in [0.25, 0.3) is 0 Å². The van der Waals surface area contributed by atoms with Crippen molar-refractivity contribution >= 4 is 5.69 Å². The van der Waals surface area contributed by atoms with E-state index < -0.39 is 0 Å². The molecule has 3 aromatic rings. The zero-order valence-electron chi connectivity index (χ0n) is 13.1. The fourth-order valence-electron chi connectivity index (χ4n) is 2.39. The number of anilines is 1. The molecule has 0 aliphatic rings. The molecule has 3 rings (SSSR count). The van der Waals surface area contributed by atoms with Crippen molar-refractivity contribution in [2.75, 3.05) is 5.32 Å². The minimum Gasteiger partial charge on any atom is -0.508 e. The van der Waals surface area contributed by atoms with Crippen molar-refractivity contribution in [1.82, 2.24) is 0 Å². The molecular formula is C20H19NO3. The van der Waals surface area contributed by atoms with Gasteiger partial charge in [0.2, 0.25) is 0 Å². The van der Waals surface area contributed by atoms with Crippen molar-refractivity contribution in [2.45, 2.75) is 13.2 Å². The van der Waals surface area contributed by atoms with Gasteiger partial charge in [0.25, 0.3) is 0 Å². The molecule has 3 N–H and O–H groups in total. The lowest BCUT2D eigenvalue weighted by Gasteiger charge is -2.13. The van der Waals surface area contributed by atoms with Gasteiger partial charge in [-0.15, -0.1) is 0 Å². The van der Waals surface area contributed by atoms with E-state index in [2.05, 4.69) is 5.32 Å². The normalized spacial score (nSPS) is 10.3. The Balaban J connectivity index is 1.67. The summed E-state index contributed by atoms with van der Waals surface area (Å²) in [5.41, 5.74) is 2.66. The SMILES string of the molecule is Oc1ccc(NCc2ccccc2OCc2ccccc2)c(O)c1. The Kier molecular flexibility index (Phi) is 4.87. The Morgan fingerprint density at radius 3 is 2.38 bits per heavy atom. The van der Waals surface area contributed by atoms with Gasteiger partial charge in [-0.25, -0.2) is 0 Å². The third-order valence-electron chi connectivity index (χ3n) is 3.66. The van der Waals surface area contributed by atoms with Gasteiger partial charge < -0.3 is 20.3 Å². The van der Waals surface area contributed by atoms with E-state index in [1.165, 1.54) is 12.1 Å². The molecule has 0 saturated carbocycles. The zero-order chi connectivity index (χ0) is 16.8. The highest BCUT2D eigenvalue weighted by Crippen LogP contribution is 2.28. The van der Waals surface area contributed by atoms with E-state index in [-0.39, 0.29) is 11.5 Å². The number of phenols is 2. The number of rotatable bonds is 6. The molecule has 0 amide bonds. The van der Waals surface area contributed by atoms with E-state index in [4.69, 9.17) is 4.74 Å². The highest BCUT2D eigenvalue weighted by atomic mass is 16.5. The number of aromatic hydroxyl groups is 2. The largest absolute Gasteiger partial charge is 0.508 e. The van der Waals surface area contributed by atoms with Crippen molar-refractivity contribution in [3.05, 3.63) is 83.9 Å². The van der Waals surface area contributed by atoms with Crippen molar-refractivity contribution in [1.29, 1.82) is 0 Å². The van der Waals surface area contributed by atoms with E-state index in [1.54, 1.807) is 6.07 Å². The average molecular weight is 321 g/mol. The maximum absolute atomic E-state index is 9.84. The van der Waals surface area contributed by atoms with Gasteiger partial charge in [0, 0.05) is 18.2 Å². The Labute approximate surface area is 141 Å². The van der Waals surface area contributed by atoms with Crippen LogP contribution in [0.4, 0.5) is 5.69 Å². The van der Waals surface area contributed by atoms with Crippen LogP contribution in [0.2, 0.25) is 0 Å². The van der Waals surface area contributed by atoms with Gasteiger partial charge in [-0.05, 0) is 23.8 Å². The Morgan fingerprint density at radius 2 is 1.58 bits per heavy atom. The van der Waals surface area contributed by atoms with Crippen LogP contribution < -0.4 is 10.1 Å². The summed E-state index contributed by atoms with van der Waals surface area (Å²) < 4.78 is 5.92. The lowest BCUT2D eigenvalue weighted by Crippen LogP contribution is -2.03. The van der Waals surface area contributed by atoms with Crippen LogP contribution in [0.15, 0.2) is 72.8 Å². The molecular weight excluding hydrogens is 302 g/mol. The van der Waals surface area contributed by atoms with Gasteiger partial charge >= 0.3 is 0 Å². The minimum absolute atomic E-state index is 0.0117. The molecule has 0 radical (unpaired) electrons. The van der Waals surface area contributed by atoms with Gasteiger partial charge in [-0.3, -0.25) is 0 Å². The summed E-state index contributed by atoms with van der Waals surface area (Å²) in [6.07, 6.45) is 0. The van der Waals surface area contributed by atoms with E-state index in [9.17, 15) is 10.2 Å². The summed E-state index contributed by atoms with van der Waals surface area (Å²) in [6, 6.07) is 22.3. The third-order valence-corrected chi connectivity index (χ3v) is 3.66. The second-order valence-corrected chi connectivity index (χ2v) is 5.44. The van der Waals surface area contributed by atoms with Crippen LogP contribution >= 0.6 is 0 Å². The van der Waals surface area contributed by atoms with Crippen LogP contribution in [0, 0.1) is 0 Å². The fourth-order valence-corrected chi connectivity index (χ4v) is 2.39. The lowest BCUT2D eigenvalue weighted by molar-refractivity contribution is 0.303. The molecule has 0 aromatic heterocycles. The number of para-hydroxylation sites is 1. The van der Waals surface area contributed by atoms with Crippen LogP contribution in [-0.2, 0) is 13.2 Å². The van der Waals surface area contributed by atoms with E-state index in [0.29, 0.717) is 18.8 Å². The van der Waals surface area contributed by atoms with E-state index >= 15 is 0 Å². The van der Waals surface area contributed by atoms with Crippen molar-refractivity contribution in [3.63, 3.8) is 0 Å². The smallest absolute Gasteiger partial charge is 0.142 e. The summed E-state index contributed by atoms with van der Waals surface area (Å²) >= 11 is 0. The van der Waals surface area contributed by atoms with Gasteiger partial charge in [0.1, 0.15) is 23.9 Å².